The summed E-state index contributed by atoms with van der Waals surface area (Å²) in [6.07, 6.45) is 5.85. The van der Waals surface area contributed by atoms with E-state index in [9.17, 15) is 4.79 Å². The van der Waals surface area contributed by atoms with Crippen LogP contribution in [0.25, 0.3) is 0 Å². The first-order valence-corrected chi connectivity index (χ1v) is 5.11. The zero-order chi connectivity index (χ0) is 9.84. The van der Waals surface area contributed by atoms with Gasteiger partial charge >= 0.3 is 0 Å². The fraction of sp³-hybridized carbons (Fsp3) is 0.583. The van der Waals surface area contributed by atoms with Crippen molar-refractivity contribution >= 4 is 5.78 Å². The van der Waals surface area contributed by atoms with Crippen molar-refractivity contribution in [2.45, 2.75) is 46.5 Å². The van der Waals surface area contributed by atoms with E-state index >= 15 is 0 Å². The third kappa shape index (κ3) is 2.30. The van der Waals surface area contributed by atoms with Gasteiger partial charge in [0.2, 0.25) is 0 Å². The molecular weight excluding hydrogens is 160 g/mol. The third-order valence-electron chi connectivity index (χ3n) is 2.72. The molecule has 1 heteroatoms. The Balaban J connectivity index is 2.95. The molecule has 0 aromatic heterocycles. The summed E-state index contributed by atoms with van der Waals surface area (Å²) in [5, 5.41) is 0. The maximum absolute atomic E-state index is 11.6. The molecule has 0 saturated carbocycles. The van der Waals surface area contributed by atoms with Crippen molar-refractivity contribution in [3.63, 3.8) is 0 Å². The van der Waals surface area contributed by atoms with Crippen LogP contribution >= 0.6 is 0 Å². The highest BCUT2D eigenvalue weighted by Crippen LogP contribution is 2.25. The van der Waals surface area contributed by atoms with E-state index in [0.29, 0.717) is 0 Å². The Morgan fingerprint density at radius 2 is 1.92 bits per heavy atom. The maximum Gasteiger partial charge on any atom is 0.181 e. The summed E-state index contributed by atoms with van der Waals surface area (Å²) >= 11 is 0. The first-order valence-electron chi connectivity index (χ1n) is 5.11. The molecule has 0 aliphatic heterocycles. The molecule has 72 valence electrons. The van der Waals surface area contributed by atoms with Gasteiger partial charge in [0.05, 0.1) is 0 Å². The molecule has 1 aliphatic carbocycles. The number of carbonyl (C=O) groups is 1. The monoisotopic (exact) mass is 178 g/mol. The van der Waals surface area contributed by atoms with Crippen LogP contribution in [0.2, 0.25) is 0 Å². The van der Waals surface area contributed by atoms with Crippen LogP contribution < -0.4 is 0 Å². The van der Waals surface area contributed by atoms with Crippen LogP contribution in [-0.4, -0.2) is 5.78 Å². The van der Waals surface area contributed by atoms with Gasteiger partial charge < -0.3 is 0 Å². The minimum Gasteiger partial charge on any atom is -0.290 e. The van der Waals surface area contributed by atoms with Gasteiger partial charge in [-0.1, -0.05) is 25.0 Å². The Hall–Kier alpha value is -0.850. The molecular formula is C12H18O. The second-order valence-electron chi connectivity index (χ2n) is 3.64. The van der Waals surface area contributed by atoms with Crippen molar-refractivity contribution in [3.05, 3.63) is 22.8 Å². The number of ketones is 1. The minimum atomic E-state index is 0.252. The van der Waals surface area contributed by atoms with Crippen molar-refractivity contribution in [2.75, 3.05) is 0 Å². The number of carbonyl (C=O) groups excluding carboxylic acids is 1. The topological polar surface area (TPSA) is 17.1 Å². The van der Waals surface area contributed by atoms with Gasteiger partial charge in [0.1, 0.15) is 0 Å². The van der Waals surface area contributed by atoms with Gasteiger partial charge in [0.15, 0.2) is 5.78 Å². The normalized spacial score (nSPS) is 17.3. The lowest BCUT2D eigenvalue weighted by atomic mass is 9.89. The van der Waals surface area contributed by atoms with Crippen molar-refractivity contribution in [2.24, 2.45) is 0 Å². The zero-order valence-corrected chi connectivity index (χ0v) is 8.81. The summed E-state index contributed by atoms with van der Waals surface area (Å²) in [5.74, 6) is 0.252. The molecule has 0 bridgehead atoms. The smallest absolute Gasteiger partial charge is 0.181 e. The Kier molecular flexibility index (Phi) is 3.47. The highest BCUT2D eigenvalue weighted by atomic mass is 16.1. The Bertz CT molecular complexity index is 263. The highest BCUT2D eigenvalue weighted by Gasteiger charge is 2.15. The van der Waals surface area contributed by atoms with E-state index in [2.05, 4.69) is 13.8 Å². The standard InChI is InChI=1S/C12H18O/c1-4-10(5-2)11-7-6-9(3)8-12(11)13/h8H,4-7H2,1-3H3. The van der Waals surface area contributed by atoms with Crippen LogP contribution in [0.3, 0.4) is 0 Å². The first-order chi connectivity index (χ1) is 6.19. The molecule has 0 amide bonds. The summed E-state index contributed by atoms with van der Waals surface area (Å²) in [7, 11) is 0. The van der Waals surface area contributed by atoms with E-state index < -0.39 is 0 Å². The van der Waals surface area contributed by atoms with E-state index in [1.165, 1.54) is 11.1 Å². The van der Waals surface area contributed by atoms with Gasteiger partial charge in [0.25, 0.3) is 0 Å². The van der Waals surface area contributed by atoms with Crippen LogP contribution in [0.15, 0.2) is 22.8 Å². The Morgan fingerprint density at radius 3 is 2.38 bits per heavy atom. The predicted octanol–water partition coefficient (Wildman–Crippen LogP) is 3.41. The molecule has 13 heavy (non-hydrogen) atoms. The van der Waals surface area contributed by atoms with E-state index in [4.69, 9.17) is 0 Å². The van der Waals surface area contributed by atoms with Crippen LogP contribution in [-0.2, 0) is 4.79 Å². The van der Waals surface area contributed by atoms with Crippen LogP contribution in [0.1, 0.15) is 46.5 Å². The minimum absolute atomic E-state index is 0.252. The van der Waals surface area contributed by atoms with Crippen LogP contribution in [0.5, 0.6) is 0 Å². The fourth-order valence-electron chi connectivity index (χ4n) is 1.86. The molecule has 0 atom stereocenters. The maximum atomic E-state index is 11.6. The molecule has 1 aliphatic rings. The molecule has 0 fully saturated rings. The Labute approximate surface area is 80.5 Å². The average molecular weight is 178 g/mol. The van der Waals surface area contributed by atoms with E-state index in [0.717, 1.165) is 31.3 Å². The zero-order valence-electron chi connectivity index (χ0n) is 8.81. The molecule has 0 spiro atoms. The molecule has 0 aromatic carbocycles. The molecule has 1 rings (SSSR count). The molecule has 0 radical (unpaired) electrons. The van der Waals surface area contributed by atoms with E-state index in [1.54, 1.807) is 6.08 Å². The van der Waals surface area contributed by atoms with E-state index in [-0.39, 0.29) is 5.78 Å². The summed E-state index contributed by atoms with van der Waals surface area (Å²) in [4.78, 5) is 11.6. The first kappa shape index (κ1) is 10.2. The van der Waals surface area contributed by atoms with Crippen LogP contribution in [0, 0.1) is 0 Å². The number of hydrogen-bond acceptors (Lipinski definition) is 1. The number of rotatable bonds is 2. The van der Waals surface area contributed by atoms with Gasteiger partial charge in [-0.25, -0.2) is 0 Å². The molecule has 0 saturated heterocycles. The van der Waals surface area contributed by atoms with Crippen molar-refractivity contribution in [1.82, 2.24) is 0 Å². The fourth-order valence-corrected chi connectivity index (χ4v) is 1.86. The Morgan fingerprint density at radius 1 is 1.31 bits per heavy atom. The third-order valence-corrected chi connectivity index (χ3v) is 2.72. The molecule has 0 aromatic rings. The van der Waals surface area contributed by atoms with Crippen molar-refractivity contribution < 1.29 is 4.79 Å². The largest absolute Gasteiger partial charge is 0.290 e. The van der Waals surface area contributed by atoms with Gasteiger partial charge in [-0.05, 0) is 44.3 Å². The van der Waals surface area contributed by atoms with Crippen molar-refractivity contribution in [1.29, 1.82) is 0 Å². The van der Waals surface area contributed by atoms with Gasteiger partial charge in [-0.2, -0.15) is 0 Å². The molecule has 0 N–H and O–H groups in total. The van der Waals surface area contributed by atoms with Crippen LogP contribution in [0.4, 0.5) is 0 Å². The summed E-state index contributed by atoms with van der Waals surface area (Å²) in [6, 6.07) is 0. The summed E-state index contributed by atoms with van der Waals surface area (Å²) in [5.41, 5.74) is 3.64. The second kappa shape index (κ2) is 4.40. The van der Waals surface area contributed by atoms with Gasteiger partial charge in [-0.15, -0.1) is 0 Å². The average Bonchev–Trinajstić information content (AvgIpc) is 2.10. The predicted molar refractivity (Wildman–Crippen MR) is 55.6 cm³/mol. The van der Waals surface area contributed by atoms with Gasteiger partial charge in [-0.3, -0.25) is 4.79 Å². The number of allylic oxidation sites excluding steroid dienone is 4. The highest BCUT2D eigenvalue weighted by molar-refractivity contribution is 6.05. The second-order valence-corrected chi connectivity index (χ2v) is 3.64. The van der Waals surface area contributed by atoms with E-state index in [1.807, 2.05) is 6.92 Å². The lowest BCUT2D eigenvalue weighted by molar-refractivity contribution is -0.111. The molecule has 1 nitrogen and oxygen atoms in total. The summed E-state index contributed by atoms with van der Waals surface area (Å²) in [6.45, 7) is 6.29. The molecule has 0 unspecified atom stereocenters. The quantitative estimate of drug-likeness (QED) is 0.592. The summed E-state index contributed by atoms with van der Waals surface area (Å²) < 4.78 is 0. The van der Waals surface area contributed by atoms with Crippen molar-refractivity contribution in [3.8, 4) is 0 Å². The lowest BCUT2D eigenvalue weighted by Crippen LogP contribution is -2.08. The lowest BCUT2D eigenvalue weighted by Gasteiger charge is -2.15. The molecule has 0 heterocycles. The number of hydrogen-bond donors (Lipinski definition) is 0. The SMILES string of the molecule is CCC(CC)=C1CCC(C)=CC1=O. The van der Waals surface area contributed by atoms with Gasteiger partial charge in [0, 0.05) is 0 Å².